The highest BCUT2D eigenvalue weighted by atomic mass is 16.4. The molecule has 2 amide bonds. The van der Waals surface area contributed by atoms with Crippen LogP contribution in [0.3, 0.4) is 0 Å². The molecule has 3 aromatic rings. The second kappa shape index (κ2) is 8.01. The van der Waals surface area contributed by atoms with Gasteiger partial charge in [-0.25, -0.2) is 15.0 Å². The molecule has 0 aliphatic heterocycles. The number of carbonyl (C=O) groups excluding carboxylic acids is 1. The first kappa shape index (κ1) is 17.9. The number of amides is 2. The van der Waals surface area contributed by atoms with E-state index < -0.39 is 12.0 Å². The lowest BCUT2D eigenvalue weighted by atomic mass is 10.0. The Balaban J connectivity index is 1.63. The Bertz CT molecular complexity index is 993. The molecule has 3 rings (SSSR count). The number of rotatable bonds is 5. The number of aromatic carboxylic acids is 1. The predicted octanol–water partition coefficient (Wildman–Crippen LogP) is 4.11. The fourth-order valence-electron chi connectivity index (χ4n) is 2.48. The summed E-state index contributed by atoms with van der Waals surface area (Å²) in [7, 11) is 0. The number of urea groups is 1. The van der Waals surface area contributed by atoms with Gasteiger partial charge in [0.25, 0.3) is 0 Å². The third-order valence-electron chi connectivity index (χ3n) is 3.76. The molecule has 1 aromatic heterocycles. The third-order valence-corrected chi connectivity index (χ3v) is 3.76. The van der Waals surface area contributed by atoms with Gasteiger partial charge in [0.05, 0.1) is 11.8 Å². The van der Waals surface area contributed by atoms with Gasteiger partial charge in [0.2, 0.25) is 0 Å². The molecule has 27 heavy (non-hydrogen) atoms. The van der Waals surface area contributed by atoms with Gasteiger partial charge in [-0.1, -0.05) is 24.3 Å². The molecular formula is C20H17N3O4. The van der Waals surface area contributed by atoms with Gasteiger partial charge in [-0.3, -0.25) is 0 Å². The number of carboxylic acid groups (broad SMARTS) is 1. The van der Waals surface area contributed by atoms with E-state index in [1.807, 2.05) is 25.1 Å². The fourth-order valence-corrected chi connectivity index (χ4v) is 2.48. The second-order valence-corrected chi connectivity index (χ2v) is 5.73. The molecule has 7 nitrogen and oxygen atoms in total. The maximum absolute atomic E-state index is 11.7. The fraction of sp³-hybridized carbons (Fsp3) is 0.0500. The summed E-state index contributed by atoms with van der Waals surface area (Å²) in [6.07, 6.45) is 1.38. The quantitative estimate of drug-likeness (QED) is 0.469. The number of hydrazone groups is 1. The van der Waals surface area contributed by atoms with Crippen molar-refractivity contribution < 1.29 is 19.1 Å². The highest BCUT2D eigenvalue weighted by Gasteiger charge is 2.10. The normalized spacial score (nSPS) is 10.7. The molecule has 0 saturated heterocycles. The first-order valence-electron chi connectivity index (χ1n) is 8.12. The minimum atomic E-state index is -0.975. The largest absolute Gasteiger partial charge is 0.478 e. The van der Waals surface area contributed by atoms with Gasteiger partial charge in [0.15, 0.2) is 0 Å². The van der Waals surface area contributed by atoms with Crippen molar-refractivity contribution in [2.24, 2.45) is 5.10 Å². The Morgan fingerprint density at radius 3 is 2.56 bits per heavy atom. The van der Waals surface area contributed by atoms with Crippen LogP contribution >= 0.6 is 0 Å². The smallest absolute Gasteiger partial charge is 0.339 e. The number of hydrogen-bond acceptors (Lipinski definition) is 4. The molecule has 136 valence electrons. The minimum absolute atomic E-state index is 0.221. The number of hydrogen-bond donors (Lipinski definition) is 3. The van der Waals surface area contributed by atoms with Crippen LogP contribution in [0.1, 0.15) is 21.7 Å². The van der Waals surface area contributed by atoms with Crippen LogP contribution in [0.15, 0.2) is 70.2 Å². The molecule has 0 fully saturated rings. The summed E-state index contributed by atoms with van der Waals surface area (Å²) in [4.78, 5) is 22.8. The number of aryl methyl sites for hydroxylation is 1. The zero-order valence-corrected chi connectivity index (χ0v) is 14.5. The van der Waals surface area contributed by atoms with Crippen LogP contribution in [0.25, 0.3) is 11.3 Å². The van der Waals surface area contributed by atoms with E-state index in [0.29, 0.717) is 17.2 Å². The topological polar surface area (TPSA) is 104 Å². The first-order chi connectivity index (χ1) is 13.0. The summed E-state index contributed by atoms with van der Waals surface area (Å²) >= 11 is 0. The van der Waals surface area contributed by atoms with Gasteiger partial charge in [0, 0.05) is 11.3 Å². The van der Waals surface area contributed by atoms with Crippen LogP contribution in [0, 0.1) is 6.92 Å². The van der Waals surface area contributed by atoms with Crippen molar-refractivity contribution in [3.8, 4) is 11.3 Å². The van der Waals surface area contributed by atoms with Crippen molar-refractivity contribution >= 4 is 23.9 Å². The average molecular weight is 363 g/mol. The van der Waals surface area contributed by atoms with E-state index in [1.54, 1.807) is 36.4 Å². The van der Waals surface area contributed by atoms with E-state index in [2.05, 4.69) is 15.8 Å². The average Bonchev–Trinajstić information content (AvgIpc) is 3.11. The Morgan fingerprint density at radius 1 is 1.07 bits per heavy atom. The Kier molecular flexibility index (Phi) is 5.32. The minimum Gasteiger partial charge on any atom is -0.478 e. The van der Waals surface area contributed by atoms with Crippen LogP contribution in [0.5, 0.6) is 0 Å². The molecule has 0 saturated carbocycles. The lowest BCUT2D eigenvalue weighted by Crippen LogP contribution is -2.24. The number of nitrogens with zero attached hydrogens (tertiary/aromatic N) is 1. The number of anilines is 1. The number of benzene rings is 2. The zero-order valence-electron chi connectivity index (χ0n) is 14.5. The summed E-state index contributed by atoms with van der Waals surface area (Å²) in [5.74, 6) is 0.0584. The monoisotopic (exact) mass is 363 g/mol. The van der Waals surface area contributed by atoms with Crippen LogP contribution in [0.2, 0.25) is 0 Å². The molecule has 0 aliphatic rings. The maximum atomic E-state index is 11.7. The van der Waals surface area contributed by atoms with E-state index in [1.165, 1.54) is 12.3 Å². The van der Waals surface area contributed by atoms with Crippen molar-refractivity contribution in [1.29, 1.82) is 0 Å². The number of furan rings is 1. The number of carbonyl (C=O) groups is 2. The van der Waals surface area contributed by atoms with Gasteiger partial charge in [0.1, 0.15) is 11.5 Å². The molecule has 3 N–H and O–H groups in total. The van der Waals surface area contributed by atoms with E-state index >= 15 is 0 Å². The second-order valence-electron chi connectivity index (χ2n) is 5.73. The molecule has 0 aliphatic carbocycles. The van der Waals surface area contributed by atoms with Gasteiger partial charge < -0.3 is 14.8 Å². The third kappa shape index (κ3) is 4.60. The maximum Gasteiger partial charge on any atom is 0.339 e. The van der Waals surface area contributed by atoms with Crippen LogP contribution in [0.4, 0.5) is 10.5 Å². The van der Waals surface area contributed by atoms with Crippen molar-refractivity contribution in [2.45, 2.75) is 6.92 Å². The van der Waals surface area contributed by atoms with Crippen molar-refractivity contribution in [3.05, 3.63) is 77.6 Å². The summed E-state index contributed by atoms with van der Waals surface area (Å²) in [6, 6.07) is 16.8. The predicted molar refractivity (Wildman–Crippen MR) is 102 cm³/mol. The lowest BCUT2D eigenvalue weighted by molar-refractivity contribution is 0.0696. The van der Waals surface area contributed by atoms with Crippen LogP contribution in [-0.4, -0.2) is 23.3 Å². The summed E-state index contributed by atoms with van der Waals surface area (Å²) in [5.41, 5.74) is 4.80. The molecule has 0 bridgehead atoms. The zero-order chi connectivity index (χ0) is 19.2. The highest BCUT2D eigenvalue weighted by Crippen LogP contribution is 2.26. The van der Waals surface area contributed by atoms with Crippen molar-refractivity contribution in [2.75, 3.05) is 5.32 Å². The molecule has 0 radical (unpaired) electrons. The highest BCUT2D eigenvalue weighted by molar-refractivity contribution is 5.90. The molecule has 1 heterocycles. The lowest BCUT2D eigenvalue weighted by Gasteiger charge is -2.04. The molecule has 0 spiro atoms. The van der Waals surface area contributed by atoms with Crippen LogP contribution < -0.4 is 10.7 Å². The van der Waals surface area contributed by atoms with Gasteiger partial charge in [-0.05, 0) is 48.9 Å². The molecule has 0 atom stereocenters. The molecule has 2 aromatic carbocycles. The van der Waals surface area contributed by atoms with E-state index in [4.69, 9.17) is 9.52 Å². The van der Waals surface area contributed by atoms with Gasteiger partial charge in [-0.2, -0.15) is 5.10 Å². The van der Waals surface area contributed by atoms with E-state index in [-0.39, 0.29) is 5.56 Å². The van der Waals surface area contributed by atoms with Crippen LogP contribution in [-0.2, 0) is 0 Å². The van der Waals surface area contributed by atoms with Gasteiger partial charge in [-0.15, -0.1) is 0 Å². The number of nitrogens with one attached hydrogen (secondary N) is 2. The summed E-state index contributed by atoms with van der Waals surface area (Å²) < 4.78 is 5.68. The summed E-state index contributed by atoms with van der Waals surface area (Å²) in [6.45, 7) is 1.81. The van der Waals surface area contributed by atoms with Crippen molar-refractivity contribution in [3.63, 3.8) is 0 Å². The van der Waals surface area contributed by atoms with Gasteiger partial charge >= 0.3 is 12.0 Å². The standard InChI is InChI=1S/C20H17N3O4/c1-13-11-14(19(24)25)7-9-17(13)18-10-8-16(27-18)12-21-23-20(26)22-15-5-3-2-4-6-15/h2-12H,1H3,(H,24,25)(H2,22,23,26). The number of carboxylic acids is 1. The van der Waals surface area contributed by atoms with E-state index in [0.717, 1.165) is 11.1 Å². The number of para-hydroxylation sites is 1. The first-order valence-corrected chi connectivity index (χ1v) is 8.12. The molecule has 7 heteroatoms. The van der Waals surface area contributed by atoms with Crippen molar-refractivity contribution in [1.82, 2.24) is 5.43 Å². The molecule has 0 unspecified atom stereocenters. The molecular weight excluding hydrogens is 346 g/mol. The Labute approximate surface area is 155 Å². The SMILES string of the molecule is Cc1cc(C(=O)O)ccc1-c1ccc(C=NNC(=O)Nc2ccccc2)o1. The Morgan fingerprint density at radius 2 is 1.85 bits per heavy atom. The Hall–Kier alpha value is -3.87. The van der Waals surface area contributed by atoms with E-state index in [9.17, 15) is 9.59 Å². The summed E-state index contributed by atoms with van der Waals surface area (Å²) in [5, 5.41) is 15.5.